The number of imidazole rings is 1. The summed E-state index contributed by atoms with van der Waals surface area (Å²) < 4.78 is 5.41. The molecule has 92 valence electrons. The molecular formula is C12H23N3O. The summed E-state index contributed by atoms with van der Waals surface area (Å²) in [5.74, 6) is 1.59. The molecule has 1 rings (SSSR count). The summed E-state index contributed by atoms with van der Waals surface area (Å²) in [5.41, 5.74) is 1.12. The summed E-state index contributed by atoms with van der Waals surface area (Å²) in [6.45, 7) is 9.75. The minimum atomic E-state index is 0.581. The van der Waals surface area contributed by atoms with Gasteiger partial charge in [0.2, 0.25) is 0 Å². The molecule has 0 unspecified atom stereocenters. The number of hydrogen-bond acceptors (Lipinski definition) is 3. The largest absolute Gasteiger partial charge is 0.374 e. The first-order valence-corrected chi connectivity index (χ1v) is 6.03. The summed E-state index contributed by atoms with van der Waals surface area (Å²) in [6.07, 6.45) is 2.92. The number of nitrogens with one attached hydrogen (secondary N) is 2. The van der Waals surface area contributed by atoms with Crippen molar-refractivity contribution in [2.75, 3.05) is 13.2 Å². The molecular weight excluding hydrogens is 202 g/mol. The van der Waals surface area contributed by atoms with E-state index in [-0.39, 0.29) is 0 Å². The number of hydrogen-bond donors (Lipinski definition) is 2. The van der Waals surface area contributed by atoms with Crippen LogP contribution in [-0.2, 0) is 17.9 Å². The van der Waals surface area contributed by atoms with Crippen molar-refractivity contribution in [1.29, 1.82) is 0 Å². The highest BCUT2D eigenvalue weighted by Crippen LogP contribution is 1.99. The van der Waals surface area contributed by atoms with Crippen LogP contribution in [0.25, 0.3) is 0 Å². The molecule has 0 amide bonds. The lowest BCUT2D eigenvalue weighted by molar-refractivity contribution is 0.116. The molecule has 1 heterocycles. The lowest BCUT2D eigenvalue weighted by atomic mass is 10.2. The first kappa shape index (κ1) is 13.2. The molecule has 0 saturated heterocycles. The maximum absolute atomic E-state index is 5.41. The smallest absolute Gasteiger partial charge is 0.132 e. The van der Waals surface area contributed by atoms with E-state index in [4.69, 9.17) is 4.74 Å². The Morgan fingerprint density at radius 2 is 2.31 bits per heavy atom. The molecule has 2 N–H and O–H groups in total. The van der Waals surface area contributed by atoms with Gasteiger partial charge in [-0.25, -0.2) is 4.98 Å². The molecule has 4 nitrogen and oxygen atoms in total. The van der Waals surface area contributed by atoms with Crippen molar-refractivity contribution in [2.24, 2.45) is 5.92 Å². The predicted octanol–water partition coefficient (Wildman–Crippen LogP) is 2.08. The molecule has 0 aromatic carbocycles. The van der Waals surface area contributed by atoms with Crippen molar-refractivity contribution in [3.63, 3.8) is 0 Å². The fraction of sp³-hybridized carbons (Fsp3) is 0.750. The molecule has 0 radical (unpaired) electrons. The van der Waals surface area contributed by atoms with E-state index in [9.17, 15) is 0 Å². The lowest BCUT2D eigenvalue weighted by Gasteiger charge is -2.05. The highest BCUT2D eigenvalue weighted by Gasteiger charge is 2.00. The molecule has 0 aliphatic rings. The Bertz CT molecular complexity index is 284. The third-order valence-electron chi connectivity index (χ3n) is 2.14. The van der Waals surface area contributed by atoms with Gasteiger partial charge in [-0.15, -0.1) is 0 Å². The Kier molecular flexibility index (Phi) is 6.11. The van der Waals surface area contributed by atoms with Crippen LogP contribution in [0.5, 0.6) is 0 Å². The first-order valence-electron chi connectivity index (χ1n) is 6.03. The Morgan fingerprint density at radius 3 is 3.00 bits per heavy atom. The third-order valence-corrected chi connectivity index (χ3v) is 2.14. The molecule has 0 bridgehead atoms. The number of aromatic nitrogens is 2. The Labute approximate surface area is 97.8 Å². The zero-order valence-electron chi connectivity index (χ0n) is 10.5. The van der Waals surface area contributed by atoms with Crippen molar-refractivity contribution < 1.29 is 4.74 Å². The Morgan fingerprint density at radius 1 is 1.50 bits per heavy atom. The van der Waals surface area contributed by atoms with Crippen LogP contribution in [0.1, 0.15) is 38.7 Å². The van der Waals surface area contributed by atoms with E-state index in [0.29, 0.717) is 12.5 Å². The van der Waals surface area contributed by atoms with Crippen LogP contribution in [0.3, 0.4) is 0 Å². The zero-order valence-corrected chi connectivity index (χ0v) is 10.5. The number of H-pyrrole nitrogens is 1. The van der Waals surface area contributed by atoms with E-state index in [0.717, 1.165) is 37.6 Å². The van der Waals surface area contributed by atoms with Crippen molar-refractivity contribution in [3.8, 4) is 0 Å². The second-order valence-electron chi connectivity index (χ2n) is 4.43. The van der Waals surface area contributed by atoms with Gasteiger partial charge in [0.1, 0.15) is 12.4 Å². The van der Waals surface area contributed by atoms with E-state index in [2.05, 4.69) is 36.1 Å². The molecule has 16 heavy (non-hydrogen) atoms. The number of aromatic amines is 1. The lowest BCUT2D eigenvalue weighted by Crippen LogP contribution is -2.19. The second-order valence-corrected chi connectivity index (χ2v) is 4.43. The van der Waals surface area contributed by atoms with Crippen molar-refractivity contribution >= 4 is 0 Å². The van der Waals surface area contributed by atoms with E-state index in [1.54, 1.807) is 0 Å². The Balaban J connectivity index is 2.22. The van der Waals surface area contributed by atoms with Gasteiger partial charge in [-0.3, -0.25) is 0 Å². The third kappa shape index (κ3) is 5.28. The normalized spacial score (nSPS) is 11.2. The quantitative estimate of drug-likeness (QED) is 0.666. The molecule has 0 aliphatic carbocycles. The summed E-state index contributed by atoms with van der Waals surface area (Å²) in [5, 5.41) is 3.37. The topological polar surface area (TPSA) is 49.9 Å². The van der Waals surface area contributed by atoms with Gasteiger partial charge in [0.15, 0.2) is 0 Å². The van der Waals surface area contributed by atoms with E-state index < -0.39 is 0 Å². The average molecular weight is 225 g/mol. The van der Waals surface area contributed by atoms with Crippen LogP contribution >= 0.6 is 0 Å². The Hall–Kier alpha value is -0.870. The maximum atomic E-state index is 5.41. The number of nitrogens with zero attached hydrogens (tertiary/aromatic N) is 1. The van der Waals surface area contributed by atoms with Gasteiger partial charge in [-0.1, -0.05) is 20.8 Å². The average Bonchev–Trinajstić information content (AvgIpc) is 2.66. The van der Waals surface area contributed by atoms with Gasteiger partial charge in [0, 0.05) is 25.0 Å². The minimum absolute atomic E-state index is 0.581. The molecule has 0 aliphatic heterocycles. The van der Waals surface area contributed by atoms with Crippen LogP contribution < -0.4 is 5.32 Å². The van der Waals surface area contributed by atoms with Gasteiger partial charge < -0.3 is 15.0 Å². The molecule has 0 fully saturated rings. The predicted molar refractivity (Wildman–Crippen MR) is 65.1 cm³/mol. The first-order chi connectivity index (χ1) is 7.72. The summed E-state index contributed by atoms with van der Waals surface area (Å²) >= 11 is 0. The zero-order chi connectivity index (χ0) is 11.8. The SMILES string of the molecule is CCCOCc1ncc(CNCC(C)C)[nH]1. The number of ether oxygens (including phenoxy) is 1. The van der Waals surface area contributed by atoms with Crippen LogP contribution in [0, 0.1) is 5.92 Å². The van der Waals surface area contributed by atoms with Gasteiger partial charge >= 0.3 is 0 Å². The van der Waals surface area contributed by atoms with Gasteiger partial charge in [-0.2, -0.15) is 0 Å². The van der Waals surface area contributed by atoms with E-state index in [1.807, 2.05) is 6.20 Å². The summed E-state index contributed by atoms with van der Waals surface area (Å²) in [7, 11) is 0. The summed E-state index contributed by atoms with van der Waals surface area (Å²) in [4.78, 5) is 7.51. The molecule has 0 atom stereocenters. The van der Waals surface area contributed by atoms with Gasteiger partial charge in [0.05, 0.1) is 0 Å². The van der Waals surface area contributed by atoms with Crippen LogP contribution in [-0.4, -0.2) is 23.1 Å². The van der Waals surface area contributed by atoms with Crippen molar-refractivity contribution in [3.05, 3.63) is 17.7 Å². The van der Waals surface area contributed by atoms with Crippen molar-refractivity contribution in [2.45, 2.75) is 40.3 Å². The molecule has 0 spiro atoms. The fourth-order valence-corrected chi connectivity index (χ4v) is 1.38. The highest BCUT2D eigenvalue weighted by atomic mass is 16.5. The fourth-order valence-electron chi connectivity index (χ4n) is 1.38. The molecule has 0 saturated carbocycles. The molecule has 1 aromatic rings. The van der Waals surface area contributed by atoms with Crippen LogP contribution in [0.2, 0.25) is 0 Å². The minimum Gasteiger partial charge on any atom is -0.374 e. The second kappa shape index (κ2) is 7.41. The molecule has 1 aromatic heterocycles. The van der Waals surface area contributed by atoms with Crippen molar-refractivity contribution in [1.82, 2.24) is 15.3 Å². The van der Waals surface area contributed by atoms with E-state index in [1.165, 1.54) is 0 Å². The highest BCUT2D eigenvalue weighted by molar-refractivity contribution is 5.00. The maximum Gasteiger partial charge on any atom is 0.132 e. The van der Waals surface area contributed by atoms with E-state index >= 15 is 0 Å². The van der Waals surface area contributed by atoms with Crippen LogP contribution in [0.15, 0.2) is 6.20 Å². The van der Waals surface area contributed by atoms with Crippen LogP contribution in [0.4, 0.5) is 0 Å². The number of rotatable bonds is 8. The summed E-state index contributed by atoms with van der Waals surface area (Å²) in [6, 6.07) is 0. The monoisotopic (exact) mass is 225 g/mol. The standard InChI is InChI=1S/C12H23N3O/c1-4-5-16-9-12-14-8-11(15-12)7-13-6-10(2)3/h8,10,13H,4-7,9H2,1-3H3,(H,14,15). The molecule has 4 heteroatoms. The van der Waals surface area contributed by atoms with Gasteiger partial charge in [-0.05, 0) is 18.9 Å². The van der Waals surface area contributed by atoms with Gasteiger partial charge in [0.25, 0.3) is 0 Å².